The van der Waals surface area contributed by atoms with Crippen LogP contribution in [0.15, 0.2) is 0 Å². The van der Waals surface area contributed by atoms with Gasteiger partial charge in [-0.05, 0) is 12.8 Å². The zero-order chi connectivity index (χ0) is 59.6. The molecule has 1 fully saturated rings. The Morgan fingerprint density at radius 3 is 0.902 bits per heavy atom. The summed E-state index contributed by atoms with van der Waals surface area (Å²) in [5.41, 5.74) is 0. The van der Waals surface area contributed by atoms with Gasteiger partial charge in [0.2, 0.25) is 5.91 Å². The molecule has 1 rings (SSSR count). The molecule has 11 nitrogen and oxygen atoms in total. The number of hydrogen-bond donors (Lipinski definition) is 8. The molecular formula is C71H141NO10. The molecule has 0 radical (unpaired) electrons. The second kappa shape index (κ2) is 60.4. The van der Waals surface area contributed by atoms with Crippen LogP contribution in [-0.4, -0.2) is 110 Å². The van der Waals surface area contributed by atoms with E-state index in [0.29, 0.717) is 19.3 Å². The van der Waals surface area contributed by atoms with Crippen LogP contribution >= 0.6 is 0 Å². The van der Waals surface area contributed by atoms with Gasteiger partial charge in [0.15, 0.2) is 6.29 Å². The first-order valence-corrected chi connectivity index (χ1v) is 36.4. The normalized spacial score (nSPS) is 19.0. The van der Waals surface area contributed by atoms with Crippen LogP contribution in [0, 0.1) is 0 Å². The highest BCUT2D eigenvalue weighted by Gasteiger charge is 2.44. The summed E-state index contributed by atoms with van der Waals surface area (Å²) in [5, 5.41) is 76.6. The molecule has 0 bridgehead atoms. The lowest BCUT2D eigenvalue weighted by molar-refractivity contribution is -0.303. The molecule has 8 N–H and O–H groups in total. The summed E-state index contributed by atoms with van der Waals surface area (Å²) in [6.07, 6.45) is 61.9. The van der Waals surface area contributed by atoms with Gasteiger partial charge in [-0.15, -0.1) is 0 Å². The molecule has 0 aliphatic carbocycles. The molecule has 490 valence electrons. The Labute approximate surface area is 507 Å². The molecular weight excluding hydrogens is 1030 g/mol. The minimum Gasteiger partial charge on any atom is -0.394 e. The van der Waals surface area contributed by atoms with Crippen molar-refractivity contribution in [3.63, 3.8) is 0 Å². The Hall–Kier alpha value is -0.890. The maximum absolute atomic E-state index is 13.3. The SMILES string of the molecule is CCCCCCCCCCCCCCCCCCCCCCCCCCCCCCC(O)C(=O)NC(COC1OC(CO)C(O)C(O)C1O)C(O)C(O)CCCCCCCCCCCCCCCCCCCCCCCCCCCCC. The van der Waals surface area contributed by atoms with Crippen molar-refractivity contribution in [2.45, 2.75) is 435 Å². The highest BCUT2D eigenvalue weighted by atomic mass is 16.7. The summed E-state index contributed by atoms with van der Waals surface area (Å²) in [7, 11) is 0. The number of carbonyl (C=O) groups is 1. The zero-order valence-electron chi connectivity index (χ0n) is 54.3. The van der Waals surface area contributed by atoms with Crippen molar-refractivity contribution in [1.82, 2.24) is 5.32 Å². The van der Waals surface area contributed by atoms with Gasteiger partial charge in [0.05, 0.1) is 25.4 Å². The Morgan fingerprint density at radius 2 is 0.634 bits per heavy atom. The van der Waals surface area contributed by atoms with Crippen LogP contribution in [0.25, 0.3) is 0 Å². The standard InChI is InChI=1S/C71H141NO10/c1-3-5-7-9-11-13-15-17-19-21-23-25-27-29-31-33-35-37-39-41-43-45-47-49-51-53-55-57-59-64(75)70(80)72-62(61-81-71-69(79)68(78)67(77)65(60-73)82-71)66(76)63(74)58-56-54-52-50-48-46-44-42-40-38-36-34-32-30-28-26-24-22-20-18-16-14-12-10-8-6-4-2/h62-69,71,73-79H,3-61H2,1-2H3,(H,72,80). The van der Waals surface area contributed by atoms with Gasteiger partial charge in [-0.1, -0.05) is 367 Å². The maximum atomic E-state index is 13.3. The van der Waals surface area contributed by atoms with Crippen LogP contribution in [0.3, 0.4) is 0 Å². The first-order chi connectivity index (χ1) is 40.2. The third-order valence-corrected chi connectivity index (χ3v) is 18.2. The highest BCUT2D eigenvalue weighted by Crippen LogP contribution is 2.24. The molecule has 9 unspecified atom stereocenters. The highest BCUT2D eigenvalue weighted by molar-refractivity contribution is 5.80. The summed E-state index contributed by atoms with van der Waals surface area (Å²) in [5.74, 6) is -0.686. The van der Waals surface area contributed by atoms with Gasteiger partial charge in [-0.25, -0.2) is 0 Å². The van der Waals surface area contributed by atoms with Crippen molar-refractivity contribution in [1.29, 1.82) is 0 Å². The van der Waals surface area contributed by atoms with Gasteiger partial charge in [0.25, 0.3) is 0 Å². The van der Waals surface area contributed by atoms with E-state index < -0.39 is 74.2 Å². The van der Waals surface area contributed by atoms with Crippen LogP contribution in [0.4, 0.5) is 0 Å². The number of aliphatic hydroxyl groups excluding tert-OH is 7. The van der Waals surface area contributed by atoms with E-state index in [-0.39, 0.29) is 6.42 Å². The largest absolute Gasteiger partial charge is 0.394 e. The predicted molar refractivity (Wildman–Crippen MR) is 344 cm³/mol. The van der Waals surface area contributed by atoms with Gasteiger partial charge >= 0.3 is 0 Å². The summed E-state index contributed by atoms with van der Waals surface area (Å²) < 4.78 is 11.2. The van der Waals surface area contributed by atoms with E-state index in [2.05, 4.69) is 19.2 Å². The van der Waals surface area contributed by atoms with E-state index in [0.717, 1.165) is 38.5 Å². The molecule has 0 aromatic rings. The van der Waals surface area contributed by atoms with Gasteiger partial charge in [0.1, 0.15) is 36.6 Å². The summed E-state index contributed by atoms with van der Waals surface area (Å²) in [6.45, 7) is 3.53. The van der Waals surface area contributed by atoms with Crippen LogP contribution in [0.2, 0.25) is 0 Å². The van der Waals surface area contributed by atoms with E-state index in [4.69, 9.17) is 9.47 Å². The molecule has 11 heteroatoms. The Morgan fingerprint density at radius 1 is 0.378 bits per heavy atom. The number of amides is 1. The number of carbonyl (C=O) groups excluding carboxylic acids is 1. The molecule has 82 heavy (non-hydrogen) atoms. The zero-order valence-corrected chi connectivity index (χ0v) is 54.3. The smallest absolute Gasteiger partial charge is 0.249 e. The molecule has 1 aliphatic heterocycles. The predicted octanol–water partition coefficient (Wildman–Crippen LogP) is 17.6. The van der Waals surface area contributed by atoms with Crippen molar-refractivity contribution in [2.24, 2.45) is 0 Å². The lowest BCUT2D eigenvalue weighted by Crippen LogP contribution is -2.60. The second-order valence-corrected chi connectivity index (χ2v) is 26.0. The van der Waals surface area contributed by atoms with Crippen molar-refractivity contribution >= 4 is 5.91 Å². The van der Waals surface area contributed by atoms with Gasteiger partial charge in [0, 0.05) is 0 Å². The summed E-state index contributed by atoms with van der Waals surface area (Å²) in [4.78, 5) is 13.3. The van der Waals surface area contributed by atoms with E-state index in [1.54, 1.807) is 0 Å². The third-order valence-electron chi connectivity index (χ3n) is 18.2. The quantitative estimate of drug-likeness (QED) is 0.0272. The van der Waals surface area contributed by atoms with Crippen LogP contribution in [0.5, 0.6) is 0 Å². The lowest BCUT2D eigenvalue weighted by atomic mass is 9.98. The number of aliphatic hydroxyl groups is 7. The van der Waals surface area contributed by atoms with Gasteiger partial charge < -0.3 is 50.5 Å². The fourth-order valence-corrected chi connectivity index (χ4v) is 12.3. The summed E-state index contributed by atoms with van der Waals surface area (Å²) >= 11 is 0. The molecule has 9 atom stereocenters. The first-order valence-electron chi connectivity index (χ1n) is 36.4. The van der Waals surface area contributed by atoms with Crippen LogP contribution in [0.1, 0.15) is 380 Å². The Balaban J connectivity index is 2.17. The molecule has 1 amide bonds. The number of hydrogen-bond acceptors (Lipinski definition) is 10. The van der Waals surface area contributed by atoms with Crippen LogP contribution in [-0.2, 0) is 14.3 Å². The van der Waals surface area contributed by atoms with Gasteiger partial charge in [-0.3, -0.25) is 4.79 Å². The lowest BCUT2D eigenvalue weighted by Gasteiger charge is -2.40. The minimum atomic E-state index is -1.66. The van der Waals surface area contributed by atoms with Crippen molar-refractivity contribution in [2.75, 3.05) is 13.2 Å². The molecule has 0 saturated carbocycles. The fraction of sp³-hybridized carbons (Fsp3) is 0.986. The molecule has 0 aromatic heterocycles. The fourth-order valence-electron chi connectivity index (χ4n) is 12.3. The van der Waals surface area contributed by atoms with Gasteiger partial charge in [-0.2, -0.15) is 0 Å². The number of unbranched alkanes of at least 4 members (excludes halogenated alkanes) is 53. The monoisotopic (exact) mass is 1170 g/mol. The van der Waals surface area contributed by atoms with Crippen molar-refractivity contribution in [3.05, 3.63) is 0 Å². The van der Waals surface area contributed by atoms with E-state index in [1.807, 2.05) is 0 Å². The minimum absolute atomic E-state index is 0.268. The Bertz CT molecular complexity index is 1290. The average Bonchev–Trinajstić information content (AvgIpc) is 3.48. The average molecular weight is 1170 g/mol. The molecule has 1 heterocycles. The van der Waals surface area contributed by atoms with Crippen LogP contribution < -0.4 is 5.32 Å². The van der Waals surface area contributed by atoms with Crippen molar-refractivity contribution in [3.8, 4) is 0 Å². The number of rotatable bonds is 65. The third kappa shape index (κ3) is 47.2. The molecule has 0 spiro atoms. The van der Waals surface area contributed by atoms with Crippen molar-refractivity contribution < 1.29 is 50.0 Å². The van der Waals surface area contributed by atoms with E-state index in [1.165, 1.54) is 302 Å². The second-order valence-electron chi connectivity index (χ2n) is 26.0. The summed E-state index contributed by atoms with van der Waals surface area (Å²) in [6, 6.07) is -1.16. The molecule has 0 aromatic carbocycles. The number of nitrogens with one attached hydrogen (secondary N) is 1. The molecule has 1 aliphatic rings. The first kappa shape index (κ1) is 79.1. The van der Waals surface area contributed by atoms with E-state index >= 15 is 0 Å². The Kier molecular flexibility index (Phi) is 58.3. The van der Waals surface area contributed by atoms with E-state index in [9.17, 15) is 40.5 Å². The number of ether oxygens (including phenoxy) is 2. The molecule has 1 saturated heterocycles. The topological polar surface area (TPSA) is 189 Å². The maximum Gasteiger partial charge on any atom is 0.249 e.